The van der Waals surface area contributed by atoms with Gasteiger partial charge < -0.3 is 17.3 Å². The minimum Gasteiger partial charge on any atom is -0.442 e. The minimum absolute atomic E-state index is 0.210. The second-order valence-electron chi connectivity index (χ2n) is 14.4. The highest BCUT2D eigenvalue weighted by Crippen LogP contribution is 2.52. The van der Waals surface area contributed by atoms with Crippen molar-refractivity contribution in [2.45, 2.75) is 39.5 Å². The quantitative estimate of drug-likeness (QED) is 0.147. The molecule has 0 saturated carbocycles. The van der Waals surface area contributed by atoms with Crippen molar-refractivity contribution in [3.63, 3.8) is 0 Å². The van der Waals surface area contributed by atoms with Gasteiger partial charge in [0, 0.05) is 21.9 Å². The molecule has 0 radical (unpaired) electrons. The van der Waals surface area contributed by atoms with Crippen LogP contribution in [0.3, 0.4) is 0 Å². The topological polar surface area (TPSA) is 32.8 Å². The van der Waals surface area contributed by atoms with Crippen molar-refractivity contribution in [2.24, 2.45) is 0 Å². The summed E-state index contributed by atoms with van der Waals surface area (Å²) >= 11 is 0. The fourth-order valence-electron chi connectivity index (χ4n) is 8.81. The van der Waals surface area contributed by atoms with E-state index in [1.165, 1.54) is 42.6 Å². The van der Waals surface area contributed by atoms with Gasteiger partial charge in [-0.15, -0.1) is 0 Å². The van der Waals surface area contributed by atoms with Crippen LogP contribution in [0.25, 0.3) is 21.9 Å². The van der Waals surface area contributed by atoms with Crippen LogP contribution < -0.4 is 29.2 Å². The fraction of sp³-hybridized carbons (Fsp3) is 0.130. The third-order valence-electron chi connectivity index (χ3n) is 10.8. The average Bonchev–Trinajstić information content (AvgIpc) is 3.75. The fourth-order valence-corrected chi connectivity index (χ4v) is 23.8. The zero-order valence-corrected chi connectivity index (χ0v) is 32.0. The molecule has 1 saturated heterocycles. The number of furan rings is 2. The number of para-hydroxylation sites is 2. The number of anilines is 2. The maximum absolute atomic E-state index is 7.32. The monoisotopic (exact) mass is 710 g/mol. The summed E-state index contributed by atoms with van der Waals surface area (Å²) in [6, 6.07) is 61.9. The number of hydrogen-bond donors (Lipinski definition) is 0. The van der Waals surface area contributed by atoms with Gasteiger partial charge in [0.1, 0.15) is 11.2 Å². The summed E-state index contributed by atoms with van der Waals surface area (Å²) in [6.45, 7) is 9.21. The van der Waals surface area contributed by atoms with Gasteiger partial charge >= 0.3 is 16.8 Å². The summed E-state index contributed by atoms with van der Waals surface area (Å²) in [5.74, 6) is 2.35. The molecule has 1 fully saturated rings. The lowest BCUT2D eigenvalue weighted by Crippen LogP contribution is -3.07. The first-order valence-corrected chi connectivity index (χ1v) is 22.1. The Hall–Kier alpha value is -5.57. The van der Waals surface area contributed by atoms with Crippen LogP contribution in [0.1, 0.15) is 50.7 Å². The van der Waals surface area contributed by atoms with Gasteiger partial charge in [-0.3, -0.25) is 0 Å². The molecule has 52 heavy (non-hydrogen) atoms. The van der Waals surface area contributed by atoms with Crippen LogP contribution in [0.2, 0.25) is 0 Å². The molecule has 0 unspecified atom stereocenters. The number of fused-ring (bicyclic) bond motifs is 2. The Balaban J connectivity index is 1.55. The lowest BCUT2D eigenvalue weighted by molar-refractivity contribution is 0.603. The first-order chi connectivity index (χ1) is 25.5. The predicted molar refractivity (Wildman–Crippen MR) is 221 cm³/mol. The maximum Gasteiger partial charge on any atom is 0.323 e. The molecule has 0 N–H and O–H groups in total. The molecule has 0 amide bonds. The van der Waals surface area contributed by atoms with Crippen LogP contribution in [0.5, 0.6) is 0 Å². The van der Waals surface area contributed by atoms with E-state index in [0.29, 0.717) is 0 Å². The van der Waals surface area contributed by atoms with Gasteiger partial charge in [-0.1, -0.05) is 185 Å². The van der Waals surface area contributed by atoms with Gasteiger partial charge in [0.25, 0.3) is 0 Å². The maximum atomic E-state index is 7.32. The molecule has 0 aliphatic carbocycles. The highest BCUT2D eigenvalue weighted by molar-refractivity contribution is 7.38. The zero-order valence-electron chi connectivity index (χ0n) is 30.0. The van der Waals surface area contributed by atoms with Crippen molar-refractivity contribution in [3.8, 4) is 0 Å². The second kappa shape index (κ2) is 12.6. The zero-order chi connectivity index (χ0) is 35.5. The molecular formula is C46H42N2O2Si2. The van der Waals surface area contributed by atoms with E-state index < -0.39 is 16.8 Å². The Bertz CT molecular complexity index is 2220. The van der Waals surface area contributed by atoms with E-state index in [1.807, 2.05) is 0 Å². The Morgan fingerprint density at radius 2 is 0.635 bits per heavy atom. The summed E-state index contributed by atoms with van der Waals surface area (Å²) in [6.07, 6.45) is 0. The Morgan fingerprint density at radius 3 is 0.923 bits per heavy atom. The molecule has 1 aliphatic rings. The van der Waals surface area contributed by atoms with Crippen LogP contribution >= 0.6 is 0 Å². The van der Waals surface area contributed by atoms with Crippen LogP contribution in [0.15, 0.2) is 179 Å². The Kier molecular flexibility index (Phi) is 7.83. The highest BCUT2D eigenvalue weighted by Gasteiger charge is 2.77. The number of benzene rings is 6. The minimum atomic E-state index is -3.28. The van der Waals surface area contributed by atoms with Crippen molar-refractivity contribution in [3.05, 3.63) is 181 Å². The van der Waals surface area contributed by atoms with Gasteiger partial charge in [-0.2, -0.15) is 0 Å². The van der Waals surface area contributed by atoms with Gasteiger partial charge in [-0.25, -0.2) is 0 Å². The van der Waals surface area contributed by atoms with Gasteiger partial charge in [0.15, 0.2) is 11.8 Å². The smallest absolute Gasteiger partial charge is 0.323 e. The summed E-state index contributed by atoms with van der Waals surface area (Å²) < 4.78 is 20.3. The summed E-state index contributed by atoms with van der Waals surface area (Å²) in [4.78, 5) is 0. The van der Waals surface area contributed by atoms with E-state index in [4.69, 9.17) is 8.83 Å². The third-order valence-corrected chi connectivity index (χ3v) is 22.6. The standard InChI is InChI=1S/C46H42N2O2Si2/c1-33(2)43-39-29-17-19-31-41(39)49-45(43)47-51(35-21-9-5-10-22-35,36-23-11-6-12-24-36)48(46-44(34(3)4)40-30-18-20-32-42(40)50-46)52(47,37-25-13-7-14-26-37)38-27-15-8-16-28-38/h5-34H,1-4H3. The number of hydrogen-bond acceptors (Lipinski definition) is 4. The number of rotatable bonds is 8. The molecule has 0 atom stereocenters. The van der Waals surface area contributed by atoms with E-state index in [0.717, 1.165) is 22.9 Å². The van der Waals surface area contributed by atoms with Crippen molar-refractivity contribution < 1.29 is 8.83 Å². The molecular weight excluding hydrogens is 669 g/mol. The van der Waals surface area contributed by atoms with E-state index in [9.17, 15) is 0 Å². The summed E-state index contributed by atoms with van der Waals surface area (Å²) in [5, 5.41) is 7.46. The van der Waals surface area contributed by atoms with Crippen molar-refractivity contribution in [1.29, 1.82) is 0 Å². The first-order valence-electron chi connectivity index (χ1n) is 18.3. The second-order valence-corrected chi connectivity index (χ2v) is 22.1. The molecule has 0 spiro atoms. The van der Waals surface area contributed by atoms with Gasteiger partial charge in [0.2, 0.25) is 0 Å². The lowest BCUT2D eigenvalue weighted by atomic mass is 10.0. The lowest BCUT2D eigenvalue weighted by Gasteiger charge is -2.71. The van der Waals surface area contributed by atoms with E-state index in [-0.39, 0.29) is 11.8 Å². The molecule has 8 aromatic rings. The molecule has 1 aliphatic heterocycles. The Morgan fingerprint density at radius 1 is 0.365 bits per heavy atom. The summed E-state index contributed by atoms with van der Waals surface area (Å²) in [5.41, 5.74) is 4.33. The predicted octanol–water partition coefficient (Wildman–Crippen LogP) is 9.27. The van der Waals surface area contributed by atoms with E-state index in [1.54, 1.807) is 0 Å². The van der Waals surface area contributed by atoms with Crippen molar-refractivity contribution >= 4 is 71.2 Å². The van der Waals surface area contributed by atoms with Crippen LogP contribution in [-0.4, -0.2) is 16.8 Å². The molecule has 4 nitrogen and oxygen atoms in total. The average molecular weight is 711 g/mol. The number of nitrogens with zero attached hydrogens (tertiary/aromatic N) is 2. The molecule has 2 aromatic heterocycles. The molecule has 0 bridgehead atoms. The highest BCUT2D eigenvalue weighted by atomic mass is 28.5. The first kappa shape index (κ1) is 32.3. The van der Waals surface area contributed by atoms with Crippen LogP contribution in [0, 0.1) is 0 Å². The van der Waals surface area contributed by atoms with Crippen LogP contribution in [0.4, 0.5) is 11.8 Å². The molecule has 6 heteroatoms. The SMILES string of the molecule is CC(C)c1c(N2[Si](c3ccccc3)(c3ccccc3)N(c3oc4ccccc4c3C(C)C)[Si]2(c2ccccc2)c2ccccc2)oc2ccccc12. The third kappa shape index (κ3) is 4.50. The largest absolute Gasteiger partial charge is 0.442 e. The van der Waals surface area contributed by atoms with Crippen molar-refractivity contribution in [2.75, 3.05) is 8.46 Å². The normalized spacial score (nSPS) is 15.1. The molecule has 6 aromatic carbocycles. The van der Waals surface area contributed by atoms with Gasteiger partial charge in [0.05, 0.1) is 0 Å². The van der Waals surface area contributed by atoms with Gasteiger partial charge in [-0.05, 0) is 44.7 Å². The summed E-state index contributed by atoms with van der Waals surface area (Å²) in [7, 11) is -6.55. The van der Waals surface area contributed by atoms with Crippen molar-refractivity contribution in [1.82, 2.24) is 0 Å². The molecule has 9 rings (SSSR count). The van der Waals surface area contributed by atoms with Crippen LogP contribution in [-0.2, 0) is 0 Å². The van der Waals surface area contributed by atoms with E-state index >= 15 is 0 Å². The molecule has 256 valence electrons. The van der Waals surface area contributed by atoms with E-state index in [2.05, 4.69) is 206 Å². The molecule has 3 heterocycles. The Labute approximate surface area is 307 Å².